The molecule has 0 saturated carbocycles. The van der Waals surface area contributed by atoms with Crippen LogP contribution in [-0.2, 0) is 4.74 Å². The van der Waals surface area contributed by atoms with Gasteiger partial charge in [0, 0.05) is 36.8 Å². The zero-order valence-electron chi connectivity index (χ0n) is 18.5. The van der Waals surface area contributed by atoms with E-state index in [-0.39, 0.29) is 5.91 Å². The summed E-state index contributed by atoms with van der Waals surface area (Å²) in [7, 11) is 1.69. The van der Waals surface area contributed by atoms with Crippen molar-refractivity contribution in [2.75, 3.05) is 39.9 Å². The van der Waals surface area contributed by atoms with Crippen LogP contribution in [0.5, 0.6) is 0 Å². The number of carbonyl (C=O) groups excluding carboxylic acids is 1. The number of thiazole rings is 1. The quantitative estimate of drug-likeness (QED) is 0.573. The van der Waals surface area contributed by atoms with Gasteiger partial charge in [0.25, 0.3) is 5.91 Å². The fraction of sp³-hybridized carbons (Fsp3) is 0.583. The maximum Gasteiger partial charge on any atom is 0.274 e. The molecule has 3 heterocycles. The SMILES string of the molecule is COCCN(C[C@@H]1CCCN2CCCC[C@H]12)C(=O)c1nc(C)sc1-c1ccccc1Cl. The van der Waals surface area contributed by atoms with Crippen LogP contribution in [0.3, 0.4) is 0 Å². The predicted molar refractivity (Wildman–Crippen MR) is 127 cm³/mol. The number of nitrogens with zero attached hydrogens (tertiary/aromatic N) is 3. The predicted octanol–water partition coefficient (Wildman–Crippen LogP) is 5.13. The summed E-state index contributed by atoms with van der Waals surface area (Å²) in [6.45, 7) is 6.23. The molecule has 0 radical (unpaired) electrons. The van der Waals surface area contributed by atoms with Crippen LogP contribution in [0.15, 0.2) is 24.3 Å². The number of hydrogen-bond donors (Lipinski definition) is 0. The van der Waals surface area contributed by atoms with Crippen LogP contribution < -0.4 is 0 Å². The summed E-state index contributed by atoms with van der Waals surface area (Å²) < 4.78 is 5.35. The minimum absolute atomic E-state index is 0.00995. The van der Waals surface area contributed by atoms with E-state index in [1.54, 1.807) is 7.11 Å². The Hall–Kier alpha value is -1.47. The van der Waals surface area contributed by atoms with Gasteiger partial charge in [-0.25, -0.2) is 4.98 Å². The number of aromatic nitrogens is 1. The van der Waals surface area contributed by atoms with Gasteiger partial charge in [-0.2, -0.15) is 0 Å². The van der Waals surface area contributed by atoms with Crippen LogP contribution in [0.1, 0.15) is 47.6 Å². The number of fused-ring (bicyclic) bond motifs is 1. The number of methoxy groups -OCH3 is 1. The lowest BCUT2D eigenvalue weighted by molar-refractivity contribution is 0.0313. The molecule has 1 aromatic heterocycles. The van der Waals surface area contributed by atoms with Gasteiger partial charge in [0.05, 0.1) is 16.5 Å². The molecule has 2 atom stereocenters. The smallest absolute Gasteiger partial charge is 0.274 e. The topological polar surface area (TPSA) is 45.7 Å². The number of hydrogen-bond acceptors (Lipinski definition) is 5. The average molecular weight is 462 g/mol. The molecule has 2 aliphatic heterocycles. The van der Waals surface area contributed by atoms with Gasteiger partial charge >= 0.3 is 0 Å². The van der Waals surface area contributed by atoms with Crippen molar-refractivity contribution in [1.82, 2.24) is 14.8 Å². The average Bonchev–Trinajstić information content (AvgIpc) is 3.18. The van der Waals surface area contributed by atoms with Gasteiger partial charge in [0.1, 0.15) is 5.69 Å². The van der Waals surface area contributed by atoms with Crippen LogP contribution in [0.2, 0.25) is 5.02 Å². The summed E-state index contributed by atoms with van der Waals surface area (Å²) in [4.78, 5) is 23.9. The lowest BCUT2D eigenvalue weighted by atomic mass is 9.83. The highest BCUT2D eigenvalue weighted by Crippen LogP contribution is 2.36. The number of benzene rings is 1. The van der Waals surface area contributed by atoms with E-state index >= 15 is 0 Å². The summed E-state index contributed by atoms with van der Waals surface area (Å²) >= 11 is 8.00. The molecule has 31 heavy (non-hydrogen) atoms. The van der Waals surface area contributed by atoms with E-state index in [1.165, 1.54) is 56.5 Å². The molecular formula is C24H32ClN3O2S. The summed E-state index contributed by atoms with van der Waals surface area (Å²) in [5.41, 5.74) is 1.39. The normalized spacial score (nSPS) is 21.6. The number of ether oxygens (including phenoxy) is 1. The molecule has 2 aromatic rings. The Morgan fingerprint density at radius 2 is 2.06 bits per heavy atom. The van der Waals surface area contributed by atoms with Gasteiger partial charge in [0.2, 0.25) is 0 Å². The highest BCUT2D eigenvalue weighted by Gasteiger charge is 2.35. The third kappa shape index (κ3) is 5.14. The molecule has 1 amide bonds. The van der Waals surface area contributed by atoms with E-state index in [1.807, 2.05) is 36.1 Å². The molecule has 0 aliphatic carbocycles. The molecule has 2 fully saturated rings. The Morgan fingerprint density at radius 1 is 1.26 bits per heavy atom. The van der Waals surface area contributed by atoms with Crippen molar-refractivity contribution in [3.05, 3.63) is 40.0 Å². The first kappa shape index (κ1) is 22.7. The van der Waals surface area contributed by atoms with Gasteiger partial charge in [0.15, 0.2) is 0 Å². The number of carbonyl (C=O) groups is 1. The molecule has 0 unspecified atom stereocenters. The van der Waals surface area contributed by atoms with Crippen molar-refractivity contribution in [2.45, 2.75) is 45.1 Å². The second-order valence-corrected chi connectivity index (χ2v) is 10.2. The van der Waals surface area contributed by atoms with Crippen molar-refractivity contribution in [2.24, 2.45) is 5.92 Å². The van der Waals surface area contributed by atoms with E-state index in [4.69, 9.17) is 16.3 Å². The van der Waals surface area contributed by atoms with Crippen molar-refractivity contribution in [3.63, 3.8) is 0 Å². The highest BCUT2D eigenvalue weighted by atomic mass is 35.5. The zero-order valence-corrected chi connectivity index (χ0v) is 20.1. The fourth-order valence-corrected chi connectivity index (χ4v) is 6.34. The van der Waals surface area contributed by atoms with E-state index in [2.05, 4.69) is 9.88 Å². The van der Waals surface area contributed by atoms with Gasteiger partial charge in [-0.15, -0.1) is 11.3 Å². The minimum Gasteiger partial charge on any atom is -0.383 e. The summed E-state index contributed by atoms with van der Waals surface area (Å²) in [6, 6.07) is 8.29. The first-order valence-corrected chi connectivity index (χ1v) is 12.5. The molecule has 7 heteroatoms. The summed E-state index contributed by atoms with van der Waals surface area (Å²) in [5.74, 6) is 0.502. The van der Waals surface area contributed by atoms with E-state index in [9.17, 15) is 4.79 Å². The van der Waals surface area contributed by atoms with Gasteiger partial charge in [-0.1, -0.05) is 36.2 Å². The van der Waals surface area contributed by atoms with Crippen LogP contribution >= 0.6 is 22.9 Å². The van der Waals surface area contributed by atoms with Gasteiger partial charge in [-0.3, -0.25) is 4.79 Å². The number of rotatable bonds is 7. The van der Waals surface area contributed by atoms with Gasteiger partial charge < -0.3 is 14.5 Å². The van der Waals surface area contributed by atoms with E-state index < -0.39 is 0 Å². The molecule has 0 N–H and O–H groups in total. The molecule has 2 saturated heterocycles. The number of amides is 1. The Bertz CT molecular complexity index is 901. The third-order valence-corrected chi connectivity index (χ3v) is 7.92. The fourth-order valence-electron chi connectivity index (χ4n) is 5.10. The number of aryl methyl sites for hydroxylation is 1. The highest BCUT2D eigenvalue weighted by molar-refractivity contribution is 7.15. The maximum atomic E-state index is 13.8. The minimum atomic E-state index is -0.00995. The first-order valence-electron chi connectivity index (χ1n) is 11.3. The maximum absolute atomic E-state index is 13.8. The second-order valence-electron chi connectivity index (χ2n) is 8.64. The Balaban J connectivity index is 1.60. The van der Waals surface area contributed by atoms with Crippen LogP contribution in [-0.4, -0.2) is 66.6 Å². The van der Waals surface area contributed by atoms with Crippen LogP contribution in [0.4, 0.5) is 0 Å². The van der Waals surface area contributed by atoms with Crippen molar-refractivity contribution < 1.29 is 9.53 Å². The monoisotopic (exact) mass is 461 g/mol. The summed E-state index contributed by atoms with van der Waals surface area (Å²) in [5, 5.41) is 1.52. The second kappa shape index (κ2) is 10.4. The van der Waals surface area contributed by atoms with Gasteiger partial charge in [-0.05, 0) is 57.7 Å². The molecule has 0 bridgehead atoms. The largest absolute Gasteiger partial charge is 0.383 e. The van der Waals surface area contributed by atoms with E-state index in [0.29, 0.717) is 35.8 Å². The van der Waals surface area contributed by atoms with Crippen molar-refractivity contribution >= 4 is 28.8 Å². The lowest BCUT2D eigenvalue weighted by Gasteiger charge is -2.45. The standard InChI is InChI=1S/C24H32ClN3O2S/c1-17-26-22(23(31-17)19-9-3-4-10-20(19)25)24(29)28(14-15-30-2)16-18-8-7-13-27-12-6-5-11-21(18)27/h3-4,9-10,18,21H,5-8,11-16H2,1-2H3/t18-,21+/m0/s1. The molecule has 4 rings (SSSR count). The van der Waals surface area contributed by atoms with E-state index in [0.717, 1.165) is 22.0 Å². The summed E-state index contributed by atoms with van der Waals surface area (Å²) in [6.07, 6.45) is 6.25. The van der Waals surface area contributed by atoms with Crippen LogP contribution in [0.25, 0.3) is 10.4 Å². The molecule has 1 aromatic carbocycles. The first-order chi connectivity index (χ1) is 15.1. The number of piperidine rings is 2. The molecular weight excluding hydrogens is 430 g/mol. The zero-order chi connectivity index (χ0) is 21.8. The molecule has 2 aliphatic rings. The molecule has 168 valence electrons. The number of halogens is 1. The Kier molecular flexibility index (Phi) is 7.64. The van der Waals surface area contributed by atoms with Crippen molar-refractivity contribution in [3.8, 4) is 10.4 Å². The molecule has 0 spiro atoms. The third-order valence-electron chi connectivity index (χ3n) is 6.59. The Labute approximate surface area is 194 Å². The lowest BCUT2D eigenvalue weighted by Crippen LogP contribution is -2.52. The van der Waals surface area contributed by atoms with Crippen LogP contribution in [0, 0.1) is 12.8 Å². The van der Waals surface area contributed by atoms with Crippen molar-refractivity contribution in [1.29, 1.82) is 0 Å². The molecule has 5 nitrogen and oxygen atoms in total. The Morgan fingerprint density at radius 3 is 2.87 bits per heavy atom.